The van der Waals surface area contributed by atoms with Crippen molar-refractivity contribution >= 4 is 21.6 Å². The van der Waals surface area contributed by atoms with Crippen LogP contribution in [0.3, 0.4) is 0 Å². The van der Waals surface area contributed by atoms with Gasteiger partial charge in [0.05, 0.1) is 11.8 Å². The summed E-state index contributed by atoms with van der Waals surface area (Å²) in [6, 6.07) is 14.0. The van der Waals surface area contributed by atoms with E-state index in [1.807, 2.05) is 30.3 Å². The molecule has 0 aliphatic rings. The first kappa shape index (κ1) is 17.6. The zero-order valence-electron chi connectivity index (χ0n) is 13.4. The highest BCUT2D eigenvalue weighted by Crippen LogP contribution is 2.18. The van der Waals surface area contributed by atoms with Crippen LogP contribution in [-0.2, 0) is 16.6 Å². The number of halogens is 1. The summed E-state index contributed by atoms with van der Waals surface area (Å²) in [5.41, 5.74) is 0.922. The van der Waals surface area contributed by atoms with E-state index in [0.29, 0.717) is 0 Å². The van der Waals surface area contributed by atoms with Crippen molar-refractivity contribution in [2.45, 2.75) is 11.6 Å². The largest absolute Gasteiger partial charge is 0.348 e. The second kappa shape index (κ2) is 7.36. The molecule has 0 fully saturated rings. The van der Waals surface area contributed by atoms with Gasteiger partial charge in [-0.1, -0.05) is 30.3 Å². The molecule has 0 saturated heterocycles. The van der Waals surface area contributed by atoms with E-state index in [1.54, 1.807) is 0 Å². The SMILES string of the molecule is O=C(NCc1ccccc1)c1cn[nH]c1S(=O)(=O)Nc1ccc(F)cc1. The number of amides is 1. The summed E-state index contributed by atoms with van der Waals surface area (Å²) < 4.78 is 40.2. The molecular weight excluding hydrogens is 359 g/mol. The third-order valence-electron chi connectivity index (χ3n) is 3.51. The summed E-state index contributed by atoms with van der Waals surface area (Å²) >= 11 is 0. The van der Waals surface area contributed by atoms with E-state index in [-0.39, 0.29) is 22.8 Å². The molecule has 0 bridgehead atoms. The van der Waals surface area contributed by atoms with Gasteiger partial charge < -0.3 is 5.32 Å². The van der Waals surface area contributed by atoms with Crippen LogP contribution < -0.4 is 10.0 Å². The van der Waals surface area contributed by atoms with Crippen molar-refractivity contribution in [2.75, 3.05) is 4.72 Å². The van der Waals surface area contributed by atoms with Crippen LogP contribution in [0, 0.1) is 5.82 Å². The number of hydrogen-bond acceptors (Lipinski definition) is 4. The van der Waals surface area contributed by atoms with E-state index < -0.39 is 21.7 Å². The molecule has 1 heterocycles. The number of hydrogen-bond donors (Lipinski definition) is 3. The molecule has 0 aliphatic carbocycles. The molecule has 0 aliphatic heterocycles. The molecule has 26 heavy (non-hydrogen) atoms. The van der Waals surface area contributed by atoms with Crippen LogP contribution in [0.4, 0.5) is 10.1 Å². The van der Waals surface area contributed by atoms with Gasteiger partial charge in [0.15, 0.2) is 5.03 Å². The van der Waals surface area contributed by atoms with E-state index in [4.69, 9.17) is 0 Å². The predicted molar refractivity (Wildman–Crippen MR) is 93.4 cm³/mol. The van der Waals surface area contributed by atoms with Crippen LogP contribution in [-0.4, -0.2) is 24.5 Å². The number of nitrogens with one attached hydrogen (secondary N) is 3. The Balaban J connectivity index is 1.76. The Hall–Kier alpha value is -3.20. The van der Waals surface area contributed by atoms with Crippen molar-refractivity contribution in [3.8, 4) is 0 Å². The van der Waals surface area contributed by atoms with Gasteiger partial charge in [-0.3, -0.25) is 14.6 Å². The lowest BCUT2D eigenvalue weighted by Gasteiger charge is -2.09. The van der Waals surface area contributed by atoms with Gasteiger partial charge >= 0.3 is 0 Å². The molecule has 7 nitrogen and oxygen atoms in total. The molecule has 2 aromatic carbocycles. The molecule has 0 unspecified atom stereocenters. The molecule has 3 aromatic rings. The predicted octanol–water partition coefficient (Wildman–Crippen LogP) is 2.28. The number of rotatable bonds is 6. The van der Waals surface area contributed by atoms with Crippen LogP contribution >= 0.6 is 0 Å². The number of carbonyl (C=O) groups is 1. The van der Waals surface area contributed by atoms with Crippen LogP contribution in [0.15, 0.2) is 65.8 Å². The van der Waals surface area contributed by atoms with Gasteiger partial charge in [-0.05, 0) is 29.8 Å². The number of benzene rings is 2. The number of nitrogens with zero attached hydrogens (tertiary/aromatic N) is 1. The maximum Gasteiger partial charge on any atom is 0.279 e. The molecule has 3 N–H and O–H groups in total. The second-order valence-electron chi connectivity index (χ2n) is 5.39. The van der Waals surface area contributed by atoms with Crippen LogP contribution in [0.2, 0.25) is 0 Å². The highest BCUT2D eigenvalue weighted by Gasteiger charge is 2.25. The normalized spacial score (nSPS) is 11.1. The van der Waals surface area contributed by atoms with Crippen LogP contribution in [0.5, 0.6) is 0 Å². The van der Waals surface area contributed by atoms with Crippen molar-refractivity contribution in [2.24, 2.45) is 0 Å². The fraction of sp³-hybridized carbons (Fsp3) is 0.0588. The standard InChI is InChI=1S/C17H15FN4O3S/c18-13-6-8-14(9-7-13)22-26(24,25)17-15(11-20-21-17)16(23)19-10-12-4-2-1-3-5-12/h1-9,11,22H,10H2,(H,19,23)(H,20,21). The lowest BCUT2D eigenvalue weighted by Crippen LogP contribution is -2.25. The average Bonchev–Trinajstić information content (AvgIpc) is 3.13. The molecule has 1 aromatic heterocycles. The van der Waals surface area contributed by atoms with Crippen molar-refractivity contribution in [1.29, 1.82) is 0 Å². The molecule has 0 atom stereocenters. The Morgan fingerprint density at radius 3 is 2.46 bits per heavy atom. The van der Waals surface area contributed by atoms with Gasteiger partial charge in [-0.15, -0.1) is 0 Å². The fourth-order valence-electron chi connectivity index (χ4n) is 2.24. The molecule has 0 radical (unpaired) electrons. The van der Waals surface area contributed by atoms with Crippen molar-refractivity contribution in [3.63, 3.8) is 0 Å². The number of aromatic nitrogens is 2. The summed E-state index contributed by atoms with van der Waals surface area (Å²) in [5, 5.41) is 8.25. The first-order valence-electron chi connectivity index (χ1n) is 7.59. The summed E-state index contributed by atoms with van der Waals surface area (Å²) in [6.45, 7) is 0.246. The molecule has 3 rings (SSSR count). The molecule has 0 saturated carbocycles. The molecule has 1 amide bonds. The number of aromatic amines is 1. The number of H-pyrrole nitrogens is 1. The maximum atomic E-state index is 12.9. The highest BCUT2D eigenvalue weighted by molar-refractivity contribution is 7.92. The zero-order valence-corrected chi connectivity index (χ0v) is 14.3. The smallest absolute Gasteiger partial charge is 0.279 e. The summed E-state index contributed by atoms with van der Waals surface area (Å²) in [6.07, 6.45) is 1.14. The van der Waals surface area contributed by atoms with Gasteiger partial charge in [0, 0.05) is 12.2 Å². The van der Waals surface area contributed by atoms with Crippen molar-refractivity contribution < 1.29 is 17.6 Å². The van der Waals surface area contributed by atoms with E-state index in [9.17, 15) is 17.6 Å². The van der Waals surface area contributed by atoms with Gasteiger partial charge in [0.1, 0.15) is 5.82 Å². The molecule has 134 valence electrons. The van der Waals surface area contributed by atoms with Crippen LogP contribution in [0.25, 0.3) is 0 Å². The zero-order chi connectivity index (χ0) is 18.6. The minimum atomic E-state index is -4.09. The lowest BCUT2D eigenvalue weighted by atomic mass is 10.2. The van der Waals surface area contributed by atoms with Crippen molar-refractivity contribution in [3.05, 3.63) is 77.7 Å². The second-order valence-corrected chi connectivity index (χ2v) is 7.01. The molecular formula is C17H15FN4O3S. The van der Waals surface area contributed by atoms with Gasteiger partial charge in [0.25, 0.3) is 15.9 Å². The summed E-state index contributed by atoms with van der Waals surface area (Å²) in [7, 11) is -4.09. The third-order valence-corrected chi connectivity index (χ3v) is 4.86. The van der Waals surface area contributed by atoms with Crippen LogP contribution in [0.1, 0.15) is 15.9 Å². The topological polar surface area (TPSA) is 104 Å². The first-order chi connectivity index (χ1) is 12.5. The lowest BCUT2D eigenvalue weighted by molar-refractivity contribution is 0.0947. The third kappa shape index (κ3) is 4.06. The molecule has 0 spiro atoms. The van der Waals surface area contributed by atoms with Gasteiger partial charge in [-0.2, -0.15) is 13.5 Å². The van der Waals surface area contributed by atoms with E-state index >= 15 is 0 Å². The molecule has 9 heteroatoms. The van der Waals surface area contributed by atoms with Gasteiger partial charge in [-0.25, -0.2) is 4.39 Å². The minimum Gasteiger partial charge on any atom is -0.348 e. The Morgan fingerprint density at radius 1 is 1.08 bits per heavy atom. The Morgan fingerprint density at radius 2 is 1.77 bits per heavy atom. The monoisotopic (exact) mass is 374 g/mol. The summed E-state index contributed by atoms with van der Waals surface area (Å²) in [5.74, 6) is -1.07. The van der Waals surface area contributed by atoms with E-state index in [1.165, 1.54) is 12.1 Å². The minimum absolute atomic E-state index is 0.115. The van der Waals surface area contributed by atoms with E-state index in [2.05, 4.69) is 20.2 Å². The van der Waals surface area contributed by atoms with Crippen molar-refractivity contribution in [1.82, 2.24) is 15.5 Å². The first-order valence-corrected chi connectivity index (χ1v) is 9.08. The Kier molecular flexibility index (Phi) is 4.99. The fourth-order valence-corrected chi connectivity index (χ4v) is 3.39. The average molecular weight is 374 g/mol. The quantitative estimate of drug-likeness (QED) is 0.616. The van der Waals surface area contributed by atoms with E-state index in [0.717, 1.165) is 23.9 Å². The summed E-state index contributed by atoms with van der Waals surface area (Å²) in [4.78, 5) is 12.3. The highest BCUT2D eigenvalue weighted by atomic mass is 32.2. The Bertz CT molecular complexity index is 1000. The Labute approximate surface area is 149 Å². The maximum absolute atomic E-state index is 12.9. The van der Waals surface area contributed by atoms with Gasteiger partial charge in [0.2, 0.25) is 0 Å². The number of anilines is 1. The number of sulfonamides is 1. The number of carbonyl (C=O) groups excluding carboxylic acids is 1.